The summed E-state index contributed by atoms with van der Waals surface area (Å²) in [6.45, 7) is 13.4. The van der Waals surface area contributed by atoms with Crippen LogP contribution in [-0.4, -0.2) is 52.8 Å². The third kappa shape index (κ3) is 8.17. The van der Waals surface area contributed by atoms with Crippen LogP contribution in [0.5, 0.6) is 0 Å². The fourth-order valence-corrected chi connectivity index (χ4v) is 2.85. The monoisotopic (exact) mass is 258 g/mol. The molecule has 0 unspecified atom stereocenters. The average Bonchev–Trinajstić information content (AvgIpc) is 2.89. The maximum Gasteiger partial charge on any atom is 0.342 e. The molecule has 0 aliphatic carbocycles. The van der Waals surface area contributed by atoms with Crippen LogP contribution in [0.25, 0.3) is 0 Å². The van der Waals surface area contributed by atoms with Crippen LogP contribution in [0.1, 0.15) is 52.9 Å². The predicted octanol–water partition coefficient (Wildman–Crippen LogP) is -0.327. The van der Waals surface area contributed by atoms with Gasteiger partial charge in [0.2, 0.25) is 0 Å². The molecule has 5 heteroatoms. The molecular formula is C13H36B2N2O. The van der Waals surface area contributed by atoms with E-state index in [1.807, 2.05) is 0 Å². The molecule has 1 aliphatic heterocycles. The van der Waals surface area contributed by atoms with E-state index in [-0.39, 0.29) is 7.55 Å². The highest BCUT2D eigenvalue weighted by Crippen LogP contribution is 2.07. The molecule has 0 radical (unpaired) electrons. The van der Waals surface area contributed by atoms with Gasteiger partial charge in [-0.15, -0.1) is 0 Å². The summed E-state index contributed by atoms with van der Waals surface area (Å²) in [7, 11) is 0.800. The van der Waals surface area contributed by atoms with Crippen LogP contribution in [-0.2, 0) is 4.74 Å². The van der Waals surface area contributed by atoms with Crippen molar-refractivity contribution in [1.82, 2.24) is 0 Å². The Labute approximate surface area is 116 Å². The summed E-state index contributed by atoms with van der Waals surface area (Å²) >= 11 is 0. The predicted molar refractivity (Wildman–Crippen MR) is 86.2 cm³/mol. The summed E-state index contributed by atoms with van der Waals surface area (Å²) in [6, 6.07) is 0. The maximum atomic E-state index is 4.94. The zero-order chi connectivity index (χ0) is 13.7. The summed E-state index contributed by atoms with van der Waals surface area (Å²) in [5, 5.41) is 2.71. The Kier molecular flexibility index (Phi) is 12.1. The minimum atomic E-state index is 0.245. The minimum Gasteiger partial charge on any atom is -0.699 e. The Morgan fingerprint density at radius 3 is 1.67 bits per heavy atom. The highest BCUT2D eigenvalue weighted by atomic mass is 16.5. The molecule has 0 spiro atoms. The van der Waals surface area contributed by atoms with Crippen LogP contribution in [0.15, 0.2) is 0 Å². The largest absolute Gasteiger partial charge is 0.699 e. The second kappa shape index (κ2) is 12.1. The van der Waals surface area contributed by atoms with Gasteiger partial charge in [-0.1, -0.05) is 20.8 Å². The van der Waals surface area contributed by atoms with E-state index in [0.29, 0.717) is 7.98 Å². The van der Waals surface area contributed by atoms with Gasteiger partial charge in [-0.2, -0.15) is 0 Å². The zero-order valence-electron chi connectivity index (χ0n) is 12.5. The molecule has 18 heavy (non-hydrogen) atoms. The van der Waals surface area contributed by atoms with E-state index in [4.69, 9.17) is 4.74 Å². The second-order valence-corrected chi connectivity index (χ2v) is 5.37. The van der Waals surface area contributed by atoms with E-state index < -0.39 is 0 Å². The second-order valence-electron chi connectivity index (χ2n) is 5.37. The fraction of sp³-hybridized carbons (Fsp3) is 1.00. The number of hydrogen-bond acceptors (Lipinski definition) is 1. The molecule has 1 aliphatic rings. The molecule has 0 aromatic rings. The van der Waals surface area contributed by atoms with E-state index in [2.05, 4.69) is 25.9 Å². The number of nitrogens with two attached hydrogens (primary N) is 1. The number of hydrogen-bond donors (Lipinski definition) is 1. The van der Waals surface area contributed by atoms with Gasteiger partial charge in [0.05, 0.1) is 0 Å². The van der Waals surface area contributed by atoms with Crippen LogP contribution in [0.4, 0.5) is 0 Å². The van der Waals surface area contributed by atoms with E-state index in [9.17, 15) is 0 Å². The molecule has 1 rings (SSSR count). The first kappa shape index (κ1) is 18.0. The van der Waals surface area contributed by atoms with E-state index >= 15 is 0 Å². The van der Waals surface area contributed by atoms with Gasteiger partial charge in [0.15, 0.2) is 0 Å². The quantitative estimate of drug-likeness (QED) is 0.593. The van der Waals surface area contributed by atoms with Gasteiger partial charge in [-0.05, 0) is 32.1 Å². The lowest BCUT2D eigenvalue weighted by atomic mass is 9.95. The van der Waals surface area contributed by atoms with Gasteiger partial charge in [0, 0.05) is 32.8 Å². The summed E-state index contributed by atoms with van der Waals surface area (Å²) in [4.78, 5) is 0. The van der Waals surface area contributed by atoms with Crippen molar-refractivity contribution in [3.05, 3.63) is 0 Å². The number of nitrogens with zero attached hydrogens (tertiary/aromatic N) is 1. The van der Waals surface area contributed by atoms with Crippen LogP contribution in [0.2, 0.25) is 0 Å². The topological polar surface area (TPSA) is 25.8 Å². The first-order valence-electron chi connectivity index (χ1n) is 7.67. The lowest BCUT2D eigenvalue weighted by molar-refractivity contribution is -0.848. The standard InChI is InChI=1S/C9H28B2N2.C4H8O/c1-4-7-13(8-5-2,9-6-3)11-12-10;1-2-4-5-3-1/h4-9,11-12H2,1-3,10H3;1-4H2. The molecule has 1 heterocycles. The third-order valence-electron chi connectivity index (χ3n) is 3.67. The molecule has 1 fully saturated rings. The fourth-order valence-electron chi connectivity index (χ4n) is 2.85. The molecule has 110 valence electrons. The molecule has 3 nitrogen and oxygen atoms in total. The van der Waals surface area contributed by atoms with Crippen molar-refractivity contribution in [2.45, 2.75) is 52.9 Å². The van der Waals surface area contributed by atoms with Crippen LogP contribution < -0.4 is 5.14 Å². The van der Waals surface area contributed by atoms with Gasteiger partial charge in [0.1, 0.15) is 7.98 Å². The average molecular weight is 258 g/mol. The Bertz CT molecular complexity index is 141. The molecule has 1 saturated heterocycles. The minimum absolute atomic E-state index is 0.245. The van der Waals surface area contributed by atoms with Crippen LogP contribution in [0.3, 0.4) is 0 Å². The molecule has 0 aromatic heterocycles. The highest BCUT2D eigenvalue weighted by molar-refractivity contribution is 6.21. The van der Waals surface area contributed by atoms with E-state index in [0.717, 1.165) is 13.2 Å². The first-order valence-corrected chi connectivity index (χ1v) is 7.67. The molecule has 0 atom stereocenters. The zero-order valence-corrected chi connectivity index (χ0v) is 12.5. The van der Waals surface area contributed by atoms with Gasteiger partial charge < -0.3 is 14.3 Å². The first-order chi connectivity index (χ1) is 8.74. The van der Waals surface area contributed by atoms with Crippen molar-refractivity contribution < 1.29 is 14.3 Å². The number of ether oxygens (including phenoxy) is 1. The Balaban J connectivity index is 0.000000473. The smallest absolute Gasteiger partial charge is 0.342 e. The maximum absolute atomic E-state index is 4.94. The molecule has 0 bridgehead atoms. The molecule has 0 saturated carbocycles. The van der Waals surface area contributed by atoms with Gasteiger partial charge in [0.25, 0.3) is 0 Å². The van der Waals surface area contributed by atoms with Crippen molar-refractivity contribution in [3.63, 3.8) is 0 Å². The Morgan fingerprint density at radius 2 is 1.44 bits per heavy atom. The summed E-state index contributed by atoms with van der Waals surface area (Å²) in [5.41, 5.74) is 0. The Hall–Kier alpha value is 0.00987. The van der Waals surface area contributed by atoms with Gasteiger partial charge in [-0.3, -0.25) is 0 Å². The lowest BCUT2D eigenvalue weighted by Crippen LogP contribution is -2.91. The SMILES string of the molecule is C1CCOC1.[BH3-][NH2+][BH2-][N+](CCC)(CCC)CCC. The van der Waals surface area contributed by atoms with Crippen molar-refractivity contribution in [1.29, 1.82) is 0 Å². The van der Waals surface area contributed by atoms with E-state index in [1.165, 1.54) is 56.1 Å². The number of rotatable bonds is 8. The van der Waals surface area contributed by atoms with Crippen molar-refractivity contribution in [3.8, 4) is 0 Å². The highest BCUT2D eigenvalue weighted by Gasteiger charge is 2.18. The van der Waals surface area contributed by atoms with Crippen LogP contribution >= 0.6 is 0 Å². The molecule has 0 amide bonds. The van der Waals surface area contributed by atoms with Gasteiger partial charge >= 0.3 is 7.55 Å². The third-order valence-corrected chi connectivity index (χ3v) is 3.67. The van der Waals surface area contributed by atoms with E-state index in [1.54, 1.807) is 0 Å². The summed E-state index contributed by atoms with van der Waals surface area (Å²) in [6.07, 6.45) is 6.67. The van der Waals surface area contributed by atoms with Crippen molar-refractivity contribution >= 4 is 15.5 Å². The van der Waals surface area contributed by atoms with Gasteiger partial charge in [-0.25, -0.2) is 0 Å². The summed E-state index contributed by atoms with van der Waals surface area (Å²) < 4.78 is 6.45. The molecular weight excluding hydrogens is 222 g/mol. The Morgan fingerprint density at radius 1 is 1.00 bits per heavy atom. The summed E-state index contributed by atoms with van der Waals surface area (Å²) in [5.74, 6) is 0. The normalized spacial score (nSPS) is 15.3. The molecule has 0 aromatic carbocycles. The van der Waals surface area contributed by atoms with Crippen LogP contribution in [0, 0.1) is 0 Å². The van der Waals surface area contributed by atoms with Crippen molar-refractivity contribution in [2.24, 2.45) is 0 Å². The molecule has 2 N–H and O–H groups in total. The number of quaternary nitrogens is 2. The van der Waals surface area contributed by atoms with Crippen molar-refractivity contribution in [2.75, 3.05) is 32.8 Å². The lowest BCUT2D eigenvalue weighted by Gasteiger charge is -2.45.